The van der Waals surface area contributed by atoms with E-state index in [1.54, 1.807) is 17.7 Å². The molecule has 3 aromatic rings. The summed E-state index contributed by atoms with van der Waals surface area (Å²) < 4.78 is 6.99. The summed E-state index contributed by atoms with van der Waals surface area (Å²) in [6.45, 7) is 11.2. The van der Waals surface area contributed by atoms with Crippen LogP contribution in [0.3, 0.4) is 0 Å². The number of carbonyl (C=O) groups excluding carboxylic acids is 1. The van der Waals surface area contributed by atoms with Gasteiger partial charge in [0, 0.05) is 23.6 Å². The summed E-state index contributed by atoms with van der Waals surface area (Å²) in [5.74, 6) is 1.12. The summed E-state index contributed by atoms with van der Waals surface area (Å²) in [4.78, 5) is 17.8. The lowest BCUT2D eigenvalue weighted by Gasteiger charge is -2.14. The zero-order valence-electron chi connectivity index (χ0n) is 18.1. The highest BCUT2D eigenvalue weighted by molar-refractivity contribution is 5.94. The Morgan fingerprint density at radius 3 is 2.62 bits per heavy atom. The van der Waals surface area contributed by atoms with Gasteiger partial charge >= 0.3 is 0 Å². The van der Waals surface area contributed by atoms with Gasteiger partial charge in [0.25, 0.3) is 5.91 Å². The summed E-state index contributed by atoms with van der Waals surface area (Å²) in [6.07, 6.45) is 0.926. The quantitative estimate of drug-likeness (QED) is 0.669. The highest BCUT2D eigenvalue weighted by Gasteiger charge is 2.22. The maximum absolute atomic E-state index is 13.0. The van der Waals surface area contributed by atoms with Crippen LogP contribution in [-0.4, -0.2) is 34.2 Å². The number of hydrogen-bond donors (Lipinski definition) is 1. The van der Waals surface area contributed by atoms with Crippen LogP contribution in [0, 0.1) is 5.92 Å². The number of carbonyl (C=O) groups is 1. The average molecular weight is 395 g/mol. The molecule has 1 N–H and O–H groups in total. The van der Waals surface area contributed by atoms with Gasteiger partial charge in [-0.05, 0) is 30.5 Å². The first kappa shape index (κ1) is 20.8. The monoisotopic (exact) mass is 394 g/mol. The molecule has 0 aliphatic rings. The second-order valence-electron chi connectivity index (χ2n) is 8.75. The summed E-state index contributed by atoms with van der Waals surface area (Å²) in [5.41, 5.74) is 3.49. The maximum atomic E-state index is 13.0. The van der Waals surface area contributed by atoms with E-state index in [0.29, 0.717) is 29.5 Å². The number of amides is 1. The maximum Gasteiger partial charge on any atom is 0.270 e. The Morgan fingerprint density at radius 1 is 1.21 bits per heavy atom. The fourth-order valence-electron chi connectivity index (χ4n) is 3.00. The number of fused-ring (bicyclic) bond motifs is 1. The fraction of sp³-hybridized carbons (Fsp3) is 0.435. The van der Waals surface area contributed by atoms with Gasteiger partial charge in [-0.25, -0.2) is 9.50 Å². The molecule has 0 unspecified atom stereocenters. The molecule has 2 aromatic heterocycles. The van der Waals surface area contributed by atoms with E-state index in [1.807, 2.05) is 30.3 Å². The smallest absolute Gasteiger partial charge is 0.270 e. The number of aromatic nitrogens is 3. The molecule has 29 heavy (non-hydrogen) atoms. The number of methoxy groups -OCH3 is 1. The van der Waals surface area contributed by atoms with E-state index in [2.05, 4.69) is 45.0 Å². The van der Waals surface area contributed by atoms with Crippen molar-refractivity contribution in [3.8, 4) is 17.0 Å². The van der Waals surface area contributed by atoms with E-state index in [1.165, 1.54) is 0 Å². The number of nitrogens with zero attached hydrogens (tertiary/aromatic N) is 3. The minimum absolute atomic E-state index is 0.144. The zero-order valence-corrected chi connectivity index (χ0v) is 18.1. The molecule has 6 heteroatoms. The molecule has 0 aliphatic heterocycles. The van der Waals surface area contributed by atoms with Gasteiger partial charge in [0.15, 0.2) is 5.65 Å². The van der Waals surface area contributed by atoms with Gasteiger partial charge < -0.3 is 10.1 Å². The highest BCUT2D eigenvalue weighted by atomic mass is 16.5. The Morgan fingerprint density at radius 2 is 1.97 bits per heavy atom. The van der Waals surface area contributed by atoms with Crippen molar-refractivity contribution >= 4 is 11.6 Å². The average Bonchev–Trinajstić information content (AvgIpc) is 3.11. The molecular weight excluding hydrogens is 364 g/mol. The first-order valence-electron chi connectivity index (χ1n) is 10.0. The van der Waals surface area contributed by atoms with Gasteiger partial charge in [-0.2, -0.15) is 5.10 Å². The summed E-state index contributed by atoms with van der Waals surface area (Å²) >= 11 is 0. The highest BCUT2D eigenvalue weighted by Crippen LogP contribution is 2.26. The largest absolute Gasteiger partial charge is 0.497 e. The van der Waals surface area contributed by atoms with E-state index in [0.717, 1.165) is 23.4 Å². The van der Waals surface area contributed by atoms with Crippen molar-refractivity contribution in [2.24, 2.45) is 5.92 Å². The van der Waals surface area contributed by atoms with Crippen LogP contribution in [0.15, 0.2) is 36.4 Å². The van der Waals surface area contributed by atoms with Crippen molar-refractivity contribution in [1.29, 1.82) is 0 Å². The third kappa shape index (κ3) is 4.75. The Bertz CT molecular complexity index is 1020. The molecule has 0 bridgehead atoms. The minimum Gasteiger partial charge on any atom is -0.497 e. The molecule has 6 nitrogen and oxygen atoms in total. The van der Waals surface area contributed by atoms with E-state index in [4.69, 9.17) is 9.72 Å². The topological polar surface area (TPSA) is 68.5 Å². The van der Waals surface area contributed by atoms with Crippen LogP contribution in [0.25, 0.3) is 16.9 Å². The molecule has 1 aromatic carbocycles. The molecular formula is C23H30N4O2. The standard InChI is InChI=1S/C23H30N4O2/c1-15(2)10-11-24-22(28)19-13-18(16-8-7-9-17(12-16)29-6)25-21-14-20(23(3,4)5)26-27(19)21/h7-9,12-15H,10-11H2,1-6H3,(H,24,28). The fourth-order valence-corrected chi connectivity index (χ4v) is 3.00. The Balaban J connectivity index is 2.10. The van der Waals surface area contributed by atoms with Crippen LogP contribution >= 0.6 is 0 Å². The van der Waals surface area contributed by atoms with Crippen LogP contribution < -0.4 is 10.1 Å². The molecule has 0 radical (unpaired) electrons. The number of benzene rings is 1. The van der Waals surface area contributed by atoms with Crippen molar-refractivity contribution in [1.82, 2.24) is 19.9 Å². The predicted molar refractivity (Wildman–Crippen MR) is 115 cm³/mol. The lowest BCUT2D eigenvalue weighted by molar-refractivity contribution is 0.0944. The molecule has 0 spiro atoms. The van der Waals surface area contributed by atoms with Gasteiger partial charge in [-0.1, -0.05) is 46.8 Å². The van der Waals surface area contributed by atoms with Gasteiger partial charge in [0.1, 0.15) is 11.4 Å². The normalized spacial score (nSPS) is 11.8. The van der Waals surface area contributed by atoms with Gasteiger partial charge in [-0.15, -0.1) is 0 Å². The molecule has 1 amide bonds. The van der Waals surface area contributed by atoms with E-state index in [-0.39, 0.29) is 11.3 Å². The van der Waals surface area contributed by atoms with Crippen LogP contribution in [0.5, 0.6) is 5.75 Å². The Kier molecular flexibility index (Phi) is 5.91. The summed E-state index contributed by atoms with van der Waals surface area (Å²) in [7, 11) is 1.63. The van der Waals surface area contributed by atoms with Gasteiger partial charge in [0.2, 0.25) is 0 Å². The number of nitrogens with one attached hydrogen (secondary N) is 1. The minimum atomic E-state index is -0.147. The van der Waals surface area contributed by atoms with Crippen molar-refractivity contribution in [3.05, 3.63) is 47.8 Å². The van der Waals surface area contributed by atoms with E-state index < -0.39 is 0 Å². The summed E-state index contributed by atoms with van der Waals surface area (Å²) in [6, 6.07) is 11.4. The molecule has 0 saturated heterocycles. The van der Waals surface area contributed by atoms with E-state index >= 15 is 0 Å². The van der Waals surface area contributed by atoms with E-state index in [9.17, 15) is 4.79 Å². The molecule has 2 heterocycles. The summed E-state index contributed by atoms with van der Waals surface area (Å²) in [5, 5.41) is 7.70. The van der Waals surface area contributed by atoms with Gasteiger partial charge in [-0.3, -0.25) is 4.79 Å². The molecule has 0 saturated carbocycles. The third-order valence-electron chi connectivity index (χ3n) is 4.80. The Hall–Kier alpha value is -2.89. The number of hydrogen-bond acceptors (Lipinski definition) is 4. The third-order valence-corrected chi connectivity index (χ3v) is 4.80. The number of ether oxygens (including phenoxy) is 1. The lowest BCUT2D eigenvalue weighted by Crippen LogP contribution is -2.28. The van der Waals surface area contributed by atoms with Crippen LogP contribution in [0.1, 0.15) is 57.2 Å². The first-order valence-corrected chi connectivity index (χ1v) is 10.0. The predicted octanol–water partition coefficient (Wildman–Crippen LogP) is 4.48. The van der Waals surface area contributed by atoms with Crippen molar-refractivity contribution < 1.29 is 9.53 Å². The Labute approximate surface area is 172 Å². The number of rotatable bonds is 6. The molecule has 3 rings (SSSR count). The van der Waals surface area contributed by atoms with Gasteiger partial charge in [0.05, 0.1) is 18.5 Å². The van der Waals surface area contributed by atoms with Crippen LogP contribution in [0.4, 0.5) is 0 Å². The van der Waals surface area contributed by atoms with Crippen molar-refractivity contribution in [2.75, 3.05) is 13.7 Å². The molecule has 0 aliphatic carbocycles. The second kappa shape index (κ2) is 8.23. The zero-order chi connectivity index (χ0) is 21.2. The second-order valence-corrected chi connectivity index (χ2v) is 8.75. The molecule has 154 valence electrons. The van der Waals surface area contributed by atoms with Crippen molar-refractivity contribution in [3.63, 3.8) is 0 Å². The van der Waals surface area contributed by atoms with Crippen LogP contribution in [0.2, 0.25) is 0 Å². The first-order chi connectivity index (χ1) is 13.7. The molecule has 0 fully saturated rings. The molecule has 0 atom stereocenters. The van der Waals surface area contributed by atoms with Crippen molar-refractivity contribution in [2.45, 2.75) is 46.5 Å². The lowest BCUT2D eigenvalue weighted by atomic mass is 9.93. The van der Waals surface area contributed by atoms with Crippen LogP contribution in [-0.2, 0) is 5.41 Å². The SMILES string of the molecule is COc1cccc(-c2cc(C(=O)NCCC(C)C)n3nc(C(C)(C)C)cc3n2)c1.